The zero-order valence-corrected chi connectivity index (χ0v) is 7.47. The van der Waals surface area contributed by atoms with Gasteiger partial charge in [0.1, 0.15) is 12.9 Å². The van der Waals surface area contributed by atoms with Gasteiger partial charge in [0.25, 0.3) is 0 Å². The van der Waals surface area contributed by atoms with E-state index in [1.165, 1.54) is 0 Å². The molecule has 72 valence electrons. The molecule has 0 rings (SSSR count). The second-order valence-corrected chi connectivity index (χ2v) is 3.62. The fourth-order valence-corrected chi connectivity index (χ4v) is 0.452. The monoisotopic (exact) mass is 180 g/mol. The van der Waals surface area contributed by atoms with Crippen LogP contribution in [0.5, 0.6) is 0 Å². The van der Waals surface area contributed by atoms with Gasteiger partial charge in [-0.25, -0.2) is 0 Å². The van der Waals surface area contributed by atoms with Crippen molar-refractivity contribution < 1.29 is 18.6 Å². The standard InChI is InChI=1S/C8H14F2O2/c1-8(2,3)6(11)4-12-5-7(9)10/h5-6,11H,4H2,1-3H3/t6-/m0/s1. The van der Waals surface area contributed by atoms with Crippen LogP contribution in [0.15, 0.2) is 12.3 Å². The predicted octanol–water partition coefficient (Wildman–Crippen LogP) is 2.15. The molecule has 0 radical (unpaired) electrons. The minimum Gasteiger partial charge on any atom is -0.493 e. The van der Waals surface area contributed by atoms with Crippen molar-refractivity contribution in [3.8, 4) is 0 Å². The largest absolute Gasteiger partial charge is 0.493 e. The Hall–Kier alpha value is -0.640. The molecule has 0 aromatic carbocycles. The van der Waals surface area contributed by atoms with Gasteiger partial charge in [0.05, 0.1) is 6.10 Å². The average molecular weight is 180 g/mol. The molecule has 0 unspecified atom stereocenters. The van der Waals surface area contributed by atoms with E-state index in [1.807, 2.05) is 0 Å². The maximum atomic E-state index is 11.4. The molecule has 2 nitrogen and oxygen atoms in total. The quantitative estimate of drug-likeness (QED) is 0.674. The molecule has 0 spiro atoms. The Labute approximate surface area is 70.8 Å². The van der Waals surface area contributed by atoms with E-state index in [-0.39, 0.29) is 12.0 Å². The van der Waals surface area contributed by atoms with Crippen LogP contribution in [-0.2, 0) is 4.74 Å². The Morgan fingerprint density at radius 3 is 2.33 bits per heavy atom. The van der Waals surface area contributed by atoms with Crippen LogP contribution in [0.1, 0.15) is 20.8 Å². The van der Waals surface area contributed by atoms with Crippen LogP contribution in [0.4, 0.5) is 8.78 Å². The Morgan fingerprint density at radius 1 is 1.50 bits per heavy atom. The summed E-state index contributed by atoms with van der Waals surface area (Å²) in [7, 11) is 0. The molecule has 1 atom stereocenters. The number of ether oxygens (including phenoxy) is 1. The molecule has 4 heteroatoms. The van der Waals surface area contributed by atoms with Gasteiger partial charge in [-0.3, -0.25) is 0 Å². The Morgan fingerprint density at radius 2 is 2.00 bits per heavy atom. The van der Waals surface area contributed by atoms with Crippen LogP contribution < -0.4 is 0 Å². The van der Waals surface area contributed by atoms with Crippen molar-refractivity contribution in [1.82, 2.24) is 0 Å². The summed E-state index contributed by atoms with van der Waals surface area (Å²) >= 11 is 0. The number of halogens is 2. The normalized spacial score (nSPS) is 13.8. The van der Waals surface area contributed by atoms with Crippen LogP contribution in [0, 0.1) is 5.41 Å². The van der Waals surface area contributed by atoms with E-state index in [0.717, 1.165) is 0 Å². The summed E-state index contributed by atoms with van der Waals surface area (Å²) in [6.45, 7) is 5.30. The molecular formula is C8H14F2O2. The van der Waals surface area contributed by atoms with Gasteiger partial charge >= 0.3 is 6.08 Å². The molecule has 0 bridgehead atoms. The van der Waals surface area contributed by atoms with Crippen molar-refractivity contribution in [3.63, 3.8) is 0 Å². The van der Waals surface area contributed by atoms with Crippen molar-refractivity contribution in [2.24, 2.45) is 5.41 Å². The SMILES string of the molecule is CC(C)(C)[C@@H](O)COC=C(F)F. The van der Waals surface area contributed by atoms with Crippen molar-refractivity contribution in [3.05, 3.63) is 12.3 Å². The van der Waals surface area contributed by atoms with Crippen LogP contribution in [0.25, 0.3) is 0 Å². The van der Waals surface area contributed by atoms with E-state index in [4.69, 9.17) is 0 Å². The molecule has 1 N–H and O–H groups in total. The molecular weight excluding hydrogens is 166 g/mol. The van der Waals surface area contributed by atoms with Crippen molar-refractivity contribution in [1.29, 1.82) is 0 Å². The minimum absolute atomic E-state index is 0.110. The molecule has 0 saturated carbocycles. The number of aliphatic hydroxyl groups is 1. The average Bonchev–Trinajstić information content (AvgIpc) is 1.84. The maximum absolute atomic E-state index is 11.4. The van der Waals surface area contributed by atoms with E-state index >= 15 is 0 Å². The molecule has 0 aromatic heterocycles. The van der Waals surface area contributed by atoms with E-state index in [1.54, 1.807) is 20.8 Å². The third kappa shape index (κ3) is 5.07. The second-order valence-electron chi connectivity index (χ2n) is 3.62. The predicted molar refractivity (Wildman–Crippen MR) is 41.7 cm³/mol. The van der Waals surface area contributed by atoms with Gasteiger partial charge in [0.15, 0.2) is 0 Å². The lowest BCUT2D eigenvalue weighted by Gasteiger charge is -2.24. The van der Waals surface area contributed by atoms with E-state index in [2.05, 4.69) is 4.74 Å². The molecule has 0 heterocycles. The molecule has 0 aliphatic carbocycles. The summed E-state index contributed by atoms with van der Waals surface area (Å²) < 4.78 is 27.3. The van der Waals surface area contributed by atoms with Crippen LogP contribution in [0.2, 0.25) is 0 Å². The second kappa shape index (κ2) is 4.40. The van der Waals surface area contributed by atoms with Gasteiger partial charge in [-0.2, -0.15) is 8.78 Å². The van der Waals surface area contributed by atoms with Crippen molar-refractivity contribution in [2.75, 3.05) is 6.61 Å². The van der Waals surface area contributed by atoms with Gasteiger partial charge in [-0.1, -0.05) is 20.8 Å². The number of rotatable bonds is 3. The summed E-state index contributed by atoms with van der Waals surface area (Å²) in [6, 6.07) is 0. The van der Waals surface area contributed by atoms with Crippen LogP contribution in [-0.4, -0.2) is 17.8 Å². The van der Waals surface area contributed by atoms with Gasteiger partial charge in [0, 0.05) is 0 Å². The highest BCUT2D eigenvalue weighted by molar-refractivity contribution is 4.75. The lowest BCUT2D eigenvalue weighted by atomic mass is 9.90. The highest BCUT2D eigenvalue weighted by Crippen LogP contribution is 2.19. The first kappa shape index (κ1) is 11.4. The molecule has 0 aliphatic rings. The zero-order chi connectivity index (χ0) is 9.78. The lowest BCUT2D eigenvalue weighted by Crippen LogP contribution is -2.29. The first-order valence-electron chi connectivity index (χ1n) is 3.65. The summed E-state index contributed by atoms with van der Waals surface area (Å²) in [4.78, 5) is 0. The minimum atomic E-state index is -1.89. The first-order valence-corrected chi connectivity index (χ1v) is 3.65. The molecule has 0 saturated heterocycles. The highest BCUT2D eigenvalue weighted by Gasteiger charge is 2.22. The third-order valence-electron chi connectivity index (χ3n) is 1.43. The van der Waals surface area contributed by atoms with Gasteiger partial charge in [0.2, 0.25) is 0 Å². The fourth-order valence-electron chi connectivity index (χ4n) is 0.452. The first-order chi connectivity index (χ1) is 5.34. The van der Waals surface area contributed by atoms with Gasteiger partial charge in [-0.15, -0.1) is 0 Å². The third-order valence-corrected chi connectivity index (χ3v) is 1.43. The van der Waals surface area contributed by atoms with Crippen molar-refractivity contribution >= 4 is 0 Å². The Bertz CT molecular complexity index is 157. The lowest BCUT2D eigenvalue weighted by molar-refractivity contribution is 0.00558. The maximum Gasteiger partial charge on any atom is 0.304 e. The van der Waals surface area contributed by atoms with E-state index < -0.39 is 12.2 Å². The fraction of sp³-hybridized carbons (Fsp3) is 0.750. The summed E-state index contributed by atoms with van der Waals surface area (Å²) in [5, 5.41) is 9.30. The summed E-state index contributed by atoms with van der Waals surface area (Å²) in [5.41, 5.74) is -0.347. The smallest absolute Gasteiger partial charge is 0.304 e. The molecule has 0 amide bonds. The topological polar surface area (TPSA) is 29.5 Å². The van der Waals surface area contributed by atoms with Gasteiger partial charge < -0.3 is 9.84 Å². The highest BCUT2D eigenvalue weighted by atomic mass is 19.3. The number of hydrogen-bond acceptors (Lipinski definition) is 2. The Kier molecular flexibility index (Phi) is 4.17. The number of hydrogen-bond donors (Lipinski definition) is 1. The summed E-state index contributed by atoms with van der Waals surface area (Å²) in [6.07, 6.45) is -2.29. The van der Waals surface area contributed by atoms with Crippen LogP contribution >= 0.6 is 0 Å². The zero-order valence-electron chi connectivity index (χ0n) is 7.47. The van der Waals surface area contributed by atoms with Gasteiger partial charge in [-0.05, 0) is 5.41 Å². The Balaban J connectivity index is 3.73. The summed E-state index contributed by atoms with van der Waals surface area (Å²) in [5.74, 6) is 0. The molecule has 0 aliphatic heterocycles. The van der Waals surface area contributed by atoms with E-state index in [9.17, 15) is 13.9 Å². The molecule has 12 heavy (non-hydrogen) atoms. The molecule has 0 fully saturated rings. The number of aliphatic hydroxyl groups excluding tert-OH is 1. The van der Waals surface area contributed by atoms with Crippen molar-refractivity contribution in [2.45, 2.75) is 26.9 Å². The van der Waals surface area contributed by atoms with E-state index in [0.29, 0.717) is 6.26 Å². The van der Waals surface area contributed by atoms with Crippen LogP contribution in [0.3, 0.4) is 0 Å². The molecule has 0 aromatic rings.